The highest BCUT2D eigenvalue weighted by molar-refractivity contribution is 7.89. The van der Waals surface area contributed by atoms with Crippen molar-refractivity contribution in [1.82, 2.24) is 4.72 Å². The van der Waals surface area contributed by atoms with Crippen LogP contribution < -0.4 is 14.4 Å². The Morgan fingerprint density at radius 2 is 1.77 bits per heavy atom. The summed E-state index contributed by atoms with van der Waals surface area (Å²) in [4.78, 5) is 14.6. The molecule has 30 heavy (non-hydrogen) atoms. The summed E-state index contributed by atoms with van der Waals surface area (Å²) in [6, 6.07) is 12.2. The monoisotopic (exact) mass is 426 g/mol. The van der Waals surface area contributed by atoms with Crippen molar-refractivity contribution < 1.29 is 17.9 Å². The molecule has 0 aromatic heterocycles. The quantitative estimate of drug-likeness (QED) is 0.712. The van der Waals surface area contributed by atoms with Crippen molar-refractivity contribution in [3.05, 3.63) is 59.2 Å². The minimum atomic E-state index is -3.72. The average Bonchev–Trinajstić information content (AvgIpc) is 3.35. The molecule has 158 valence electrons. The normalized spacial score (nSPS) is 16.3. The zero-order chi connectivity index (χ0) is 21.3. The van der Waals surface area contributed by atoms with Crippen LogP contribution in [0, 0.1) is 0 Å². The summed E-state index contributed by atoms with van der Waals surface area (Å²) in [5.74, 6) is 0.711. The van der Waals surface area contributed by atoms with E-state index in [1.807, 2.05) is 31.2 Å². The van der Waals surface area contributed by atoms with Crippen LogP contribution in [0.2, 0.25) is 0 Å². The predicted octanol–water partition coefficient (Wildman–Crippen LogP) is 3.87. The molecule has 2 aliphatic rings. The minimum absolute atomic E-state index is 0.0428. The third-order valence-electron chi connectivity index (χ3n) is 5.69. The molecular weight excluding hydrogens is 400 g/mol. The van der Waals surface area contributed by atoms with E-state index in [2.05, 4.69) is 4.72 Å². The molecule has 2 aromatic rings. The van der Waals surface area contributed by atoms with Gasteiger partial charge in [0.1, 0.15) is 5.75 Å². The number of sulfonamides is 1. The number of fused-ring (bicyclic) bond motifs is 1. The van der Waals surface area contributed by atoms with Crippen molar-refractivity contribution in [2.24, 2.45) is 0 Å². The summed E-state index contributed by atoms with van der Waals surface area (Å²) in [5.41, 5.74) is 4.16. The van der Waals surface area contributed by atoms with Gasteiger partial charge in [0, 0.05) is 24.7 Å². The number of hydrogen-bond acceptors (Lipinski definition) is 4. The number of benzene rings is 2. The molecule has 0 bridgehead atoms. The number of carbonyl (C=O) groups excluding carboxylic acids is 1. The second kappa shape index (κ2) is 8.24. The molecule has 0 radical (unpaired) electrons. The highest BCUT2D eigenvalue weighted by Crippen LogP contribution is 2.42. The smallest absolute Gasteiger partial charge is 0.258 e. The second-order valence-electron chi connectivity index (χ2n) is 7.63. The van der Waals surface area contributed by atoms with Gasteiger partial charge in [-0.15, -0.1) is 0 Å². The third kappa shape index (κ3) is 3.87. The number of amides is 1. The van der Waals surface area contributed by atoms with Crippen molar-refractivity contribution in [3.63, 3.8) is 0 Å². The average molecular weight is 427 g/mol. The van der Waals surface area contributed by atoms with Gasteiger partial charge in [-0.25, -0.2) is 13.1 Å². The van der Waals surface area contributed by atoms with Crippen molar-refractivity contribution in [1.29, 1.82) is 0 Å². The standard InChI is InChI=1S/C23H26N2O4S/c1-3-29-18-10-8-16(9-11-18)15-24-30(27,28)19-12-13-21-20(14-19)22(23(26)25(21)2)17-6-4-5-7-17/h8-14,24H,3-7,15H2,1-2H3. The van der Waals surface area contributed by atoms with Crippen molar-refractivity contribution in [2.75, 3.05) is 18.6 Å². The highest BCUT2D eigenvalue weighted by atomic mass is 32.2. The van der Waals surface area contributed by atoms with Gasteiger partial charge in [0.05, 0.1) is 17.2 Å². The van der Waals surface area contributed by atoms with E-state index < -0.39 is 10.0 Å². The van der Waals surface area contributed by atoms with Crippen LogP contribution >= 0.6 is 0 Å². The summed E-state index contributed by atoms with van der Waals surface area (Å²) in [7, 11) is -1.98. The molecule has 0 spiro atoms. The molecular formula is C23H26N2O4S. The number of carbonyl (C=O) groups is 1. The second-order valence-corrected chi connectivity index (χ2v) is 9.40. The Balaban J connectivity index is 1.58. The van der Waals surface area contributed by atoms with Crippen LogP contribution in [0.4, 0.5) is 5.69 Å². The Labute approximate surface area is 177 Å². The van der Waals surface area contributed by atoms with E-state index in [-0.39, 0.29) is 17.3 Å². The van der Waals surface area contributed by atoms with E-state index in [0.717, 1.165) is 53.8 Å². The van der Waals surface area contributed by atoms with Gasteiger partial charge in [0.25, 0.3) is 5.91 Å². The van der Waals surface area contributed by atoms with Crippen LogP contribution in [-0.2, 0) is 21.4 Å². The molecule has 6 nitrogen and oxygen atoms in total. The van der Waals surface area contributed by atoms with Gasteiger partial charge in [-0.1, -0.05) is 17.7 Å². The van der Waals surface area contributed by atoms with Gasteiger partial charge in [0.2, 0.25) is 10.0 Å². The summed E-state index contributed by atoms with van der Waals surface area (Å²) >= 11 is 0. The SMILES string of the molecule is CCOc1ccc(CNS(=O)(=O)c2ccc3c(c2)C(=C2CCCC2)C(=O)N3C)cc1. The molecule has 1 fully saturated rings. The number of ether oxygens (including phenoxy) is 1. The molecule has 0 atom stereocenters. The highest BCUT2D eigenvalue weighted by Gasteiger charge is 2.34. The van der Waals surface area contributed by atoms with Crippen LogP contribution in [-0.4, -0.2) is 28.0 Å². The maximum Gasteiger partial charge on any atom is 0.258 e. The van der Waals surface area contributed by atoms with E-state index in [0.29, 0.717) is 12.2 Å². The first-order valence-electron chi connectivity index (χ1n) is 10.3. The van der Waals surface area contributed by atoms with E-state index >= 15 is 0 Å². The zero-order valence-electron chi connectivity index (χ0n) is 17.3. The molecule has 1 heterocycles. The maximum atomic E-state index is 12.9. The molecule has 1 N–H and O–H groups in total. The van der Waals surface area contributed by atoms with Gasteiger partial charge in [-0.3, -0.25) is 4.79 Å². The maximum absolute atomic E-state index is 12.9. The summed E-state index contributed by atoms with van der Waals surface area (Å²) in [6.07, 6.45) is 3.96. The summed E-state index contributed by atoms with van der Waals surface area (Å²) < 4.78 is 33.9. The Kier molecular flexibility index (Phi) is 5.66. The van der Waals surface area contributed by atoms with Crippen LogP contribution in [0.15, 0.2) is 52.9 Å². The third-order valence-corrected chi connectivity index (χ3v) is 7.09. The van der Waals surface area contributed by atoms with E-state index in [1.165, 1.54) is 0 Å². The van der Waals surface area contributed by atoms with Gasteiger partial charge in [-0.2, -0.15) is 0 Å². The lowest BCUT2D eigenvalue weighted by atomic mass is 10.00. The predicted molar refractivity (Wildman–Crippen MR) is 117 cm³/mol. The van der Waals surface area contributed by atoms with Crippen LogP contribution in [0.5, 0.6) is 5.75 Å². The van der Waals surface area contributed by atoms with E-state index in [1.54, 1.807) is 30.1 Å². The molecule has 1 aliphatic heterocycles. The lowest BCUT2D eigenvalue weighted by molar-refractivity contribution is -0.112. The number of nitrogens with zero attached hydrogens (tertiary/aromatic N) is 1. The van der Waals surface area contributed by atoms with Crippen molar-refractivity contribution in [2.45, 2.75) is 44.0 Å². The number of nitrogens with one attached hydrogen (secondary N) is 1. The number of anilines is 1. The first-order chi connectivity index (χ1) is 14.4. The van der Waals surface area contributed by atoms with Crippen LogP contribution in [0.25, 0.3) is 5.57 Å². The Bertz CT molecular complexity index is 1100. The zero-order valence-corrected chi connectivity index (χ0v) is 18.1. The number of likely N-dealkylation sites (N-methyl/N-ethyl adjacent to an activating group) is 1. The molecule has 4 rings (SSSR count). The van der Waals surface area contributed by atoms with Crippen LogP contribution in [0.3, 0.4) is 0 Å². The number of allylic oxidation sites excluding steroid dienone is 1. The van der Waals surface area contributed by atoms with E-state index in [4.69, 9.17) is 4.74 Å². The van der Waals surface area contributed by atoms with Crippen LogP contribution in [0.1, 0.15) is 43.7 Å². The minimum Gasteiger partial charge on any atom is -0.494 e. The van der Waals surface area contributed by atoms with Gasteiger partial charge in [0.15, 0.2) is 0 Å². The Hall–Kier alpha value is -2.64. The molecule has 1 saturated carbocycles. The molecule has 1 aliphatic carbocycles. The number of hydrogen-bond donors (Lipinski definition) is 1. The molecule has 0 unspecified atom stereocenters. The fraction of sp³-hybridized carbons (Fsp3) is 0.348. The van der Waals surface area contributed by atoms with Gasteiger partial charge < -0.3 is 9.64 Å². The fourth-order valence-electron chi connectivity index (χ4n) is 4.09. The molecule has 2 aromatic carbocycles. The Morgan fingerprint density at radius 3 is 2.43 bits per heavy atom. The topological polar surface area (TPSA) is 75.7 Å². The number of rotatable bonds is 6. The van der Waals surface area contributed by atoms with Gasteiger partial charge >= 0.3 is 0 Å². The van der Waals surface area contributed by atoms with Crippen molar-refractivity contribution >= 4 is 27.2 Å². The molecule has 7 heteroatoms. The summed E-state index contributed by atoms with van der Waals surface area (Å²) in [5, 5.41) is 0. The molecule has 0 saturated heterocycles. The first kappa shape index (κ1) is 20.6. The van der Waals surface area contributed by atoms with E-state index in [9.17, 15) is 13.2 Å². The summed E-state index contributed by atoms with van der Waals surface area (Å²) in [6.45, 7) is 2.68. The lowest BCUT2D eigenvalue weighted by Crippen LogP contribution is -2.23. The first-order valence-corrected chi connectivity index (χ1v) is 11.7. The lowest BCUT2D eigenvalue weighted by Gasteiger charge is -2.11. The van der Waals surface area contributed by atoms with Gasteiger partial charge in [-0.05, 0) is 68.5 Å². The molecule has 1 amide bonds. The van der Waals surface area contributed by atoms with Crippen molar-refractivity contribution in [3.8, 4) is 5.75 Å². The Morgan fingerprint density at radius 1 is 1.07 bits per heavy atom. The largest absolute Gasteiger partial charge is 0.494 e. The fourth-order valence-corrected chi connectivity index (χ4v) is 5.14.